The monoisotopic (exact) mass is 457 g/mol. The van der Waals surface area contributed by atoms with E-state index >= 15 is 0 Å². The van der Waals surface area contributed by atoms with Crippen molar-refractivity contribution < 1.29 is 19.1 Å². The number of quaternary nitrogens is 1. The van der Waals surface area contributed by atoms with E-state index in [1.54, 1.807) is 54.6 Å². The van der Waals surface area contributed by atoms with E-state index in [0.717, 1.165) is 0 Å². The van der Waals surface area contributed by atoms with Gasteiger partial charge in [-0.3, -0.25) is 4.79 Å². The molecule has 0 aliphatic carbocycles. The van der Waals surface area contributed by atoms with Crippen LogP contribution in [0.5, 0.6) is 5.75 Å². The van der Waals surface area contributed by atoms with Crippen LogP contribution in [0.2, 0.25) is 10.0 Å². The number of amides is 3. The van der Waals surface area contributed by atoms with Gasteiger partial charge in [0.25, 0.3) is 5.91 Å². The molecule has 3 aromatic carbocycles. The van der Waals surface area contributed by atoms with E-state index in [1.165, 1.54) is 32.2 Å². The van der Waals surface area contributed by atoms with E-state index in [2.05, 4.69) is 5.32 Å². The van der Waals surface area contributed by atoms with E-state index in [-0.39, 0.29) is 16.3 Å². The Morgan fingerprint density at radius 2 is 1.61 bits per heavy atom. The summed E-state index contributed by atoms with van der Waals surface area (Å²) >= 11 is 11.9. The van der Waals surface area contributed by atoms with Gasteiger partial charge in [0.15, 0.2) is 5.69 Å². The molecule has 3 amide bonds. The molecule has 0 bridgehead atoms. The van der Waals surface area contributed by atoms with Gasteiger partial charge in [0, 0.05) is 28.9 Å². The maximum atomic E-state index is 12.9. The number of para-hydroxylation sites is 1. The standard InChI is InChI=1S/C23H18Cl2N2O4/c1-15(28)27(2,18-8-4-3-5-9-18)23(30)31-19-10-6-7-17(14-19)26-22(29)20-12-11-16(24)13-21(20)25/h3-14H,1-2H3/p+1. The molecule has 0 aromatic heterocycles. The van der Waals surface area contributed by atoms with Crippen molar-refractivity contribution in [2.45, 2.75) is 6.92 Å². The van der Waals surface area contributed by atoms with Crippen molar-refractivity contribution in [3.05, 3.63) is 88.4 Å². The minimum atomic E-state index is -0.775. The molecule has 3 aromatic rings. The fraction of sp³-hybridized carbons (Fsp3) is 0.0870. The zero-order valence-electron chi connectivity index (χ0n) is 16.8. The number of carbonyl (C=O) groups is 3. The fourth-order valence-electron chi connectivity index (χ4n) is 2.84. The third kappa shape index (κ3) is 4.94. The van der Waals surface area contributed by atoms with Crippen molar-refractivity contribution in [1.29, 1.82) is 0 Å². The number of halogens is 2. The summed E-state index contributed by atoms with van der Waals surface area (Å²) in [5, 5.41) is 3.33. The molecule has 0 saturated carbocycles. The van der Waals surface area contributed by atoms with Gasteiger partial charge in [-0.15, -0.1) is 4.48 Å². The molecule has 158 valence electrons. The van der Waals surface area contributed by atoms with Crippen LogP contribution in [-0.4, -0.2) is 25.0 Å². The third-order valence-corrected chi connectivity index (χ3v) is 5.29. The minimum absolute atomic E-state index is 0.173. The van der Waals surface area contributed by atoms with Gasteiger partial charge in [-0.2, -0.15) is 4.79 Å². The normalized spacial score (nSPS) is 12.5. The van der Waals surface area contributed by atoms with Crippen molar-refractivity contribution in [1.82, 2.24) is 4.48 Å². The molecule has 1 unspecified atom stereocenters. The predicted molar refractivity (Wildman–Crippen MR) is 122 cm³/mol. The molecular formula is C23H19Cl2N2O4+. The molecule has 0 radical (unpaired) electrons. The Hall–Kier alpha value is -3.19. The van der Waals surface area contributed by atoms with Gasteiger partial charge in [-0.25, -0.2) is 4.79 Å². The van der Waals surface area contributed by atoms with Crippen molar-refractivity contribution in [2.75, 3.05) is 12.4 Å². The van der Waals surface area contributed by atoms with Crippen LogP contribution in [0.4, 0.5) is 16.2 Å². The van der Waals surface area contributed by atoms with Crippen LogP contribution >= 0.6 is 23.2 Å². The van der Waals surface area contributed by atoms with Crippen LogP contribution in [0.25, 0.3) is 0 Å². The quantitative estimate of drug-likeness (QED) is 0.492. The smallest absolute Gasteiger partial charge is 0.380 e. The van der Waals surface area contributed by atoms with Crippen LogP contribution in [-0.2, 0) is 4.79 Å². The highest BCUT2D eigenvalue weighted by Gasteiger charge is 2.42. The fourth-order valence-corrected chi connectivity index (χ4v) is 3.34. The molecule has 0 spiro atoms. The Balaban J connectivity index is 1.80. The average Bonchev–Trinajstić information content (AvgIpc) is 2.73. The van der Waals surface area contributed by atoms with Crippen LogP contribution in [0.1, 0.15) is 17.3 Å². The van der Waals surface area contributed by atoms with Gasteiger partial charge in [0.2, 0.25) is 0 Å². The zero-order valence-corrected chi connectivity index (χ0v) is 18.3. The van der Waals surface area contributed by atoms with E-state index in [9.17, 15) is 14.4 Å². The number of ether oxygens (including phenoxy) is 1. The second-order valence-corrected chi connectivity index (χ2v) is 7.68. The lowest BCUT2D eigenvalue weighted by Gasteiger charge is -2.25. The van der Waals surface area contributed by atoms with Crippen LogP contribution in [0, 0.1) is 0 Å². The van der Waals surface area contributed by atoms with Gasteiger partial charge >= 0.3 is 12.0 Å². The highest BCUT2D eigenvalue weighted by Crippen LogP contribution is 2.26. The summed E-state index contributed by atoms with van der Waals surface area (Å²) in [4.78, 5) is 37.8. The van der Waals surface area contributed by atoms with E-state index in [4.69, 9.17) is 27.9 Å². The Morgan fingerprint density at radius 1 is 0.903 bits per heavy atom. The molecule has 0 fully saturated rings. The van der Waals surface area contributed by atoms with E-state index in [1.807, 2.05) is 0 Å². The molecule has 31 heavy (non-hydrogen) atoms. The molecular weight excluding hydrogens is 439 g/mol. The molecule has 8 heteroatoms. The van der Waals surface area contributed by atoms with Crippen molar-refractivity contribution in [3.63, 3.8) is 0 Å². The summed E-state index contributed by atoms with van der Waals surface area (Å²) in [5.74, 6) is -0.677. The summed E-state index contributed by atoms with van der Waals surface area (Å²) in [6, 6.07) is 19.4. The summed E-state index contributed by atoms with van der Waals surface area (Å²) in [6.07, 6.45) is -0.775. The minimum Gasteiger partial charge on any atom is -0.380 e. The lowest BCUT2D eigenvalue weighted by atomic mass is 10.2. The number of imide groups is 1. The summed E-state index contributed by atoms with van der Waals surface area (Å²) < 4.78 is 4.81. The van der Waals surface area contributed by atoms with Crippen LogP contribution in [0.15, 0.2) is 72.8 Å². The first kappa shape index (κ1) is 22.5. The number of nitrogens with zero attached hydrogens (tertiary/aromatic N) is 1. The maximum absolute atomic E-state index is 12.9. The first-order valence-corrected chi connectivity index (χ1v) is 9.99. The van der Waals surface area contributed by atoms with Crippen molar-refractivity contribution in [3.8, 4) is 5.75 Å². The largest absolute Gasteiger partial charge is 0.534 e. The maximum Gasteiger partial charge on any atom is 0.534 e. The lowest BCUT2D eigenvalue weighted by molar-refractivity contribution is -0.125. The molecule has 0 aliphatic rings. The summed E-state index contributed by atoms with van der Waals surface area (Å²) in [5.41, 5.74) is 1.11. The van der Waals surface area contributed by atoms with E-state index < -0.39 is 22.4 Å². The third-order valence-electron chi connectivity index (χ3n) is 4.74. The first-order valence-electron chi connectivity index (χ1n) is 9.24. The molecule has 0 saturated heterocycles. The Labute approximate surface area is 189 Å². The highest BCUT2D eigenvalue weighted by molar-refractivity contribution is 6.37. The van der Waals surface area contributed by atoms with Gasteiger partial charge < -0.3 is 10.1 Å². The van der Waals surface area contributed by atoms with Crippen molar-refractivity contribution >= 4 is 52.5 Å². The topological polar surface area (TPSA) is 72.5 Å². The number of rotatable bonds is 4. The number of benzene rings is 3. The van der Waals surface area contributed by atoms with E-state index in [0.29, 0.717) is 16.4 Å². The lowest BCUT2D eigenvalue weighted by Crippen LogP contribution is -2.55. The SMILES string of the molecule is CC(=O)[N+](C)(C(=O)Oc1cccc(NC(=O)c2ccc(Cl)cc2Cl)c1)c1ccccc1. The molecule has 1 atom stereocenters. The number of nitrogens with one attached hydrogen (secondary N) is 1. The first-order chi connectivity index (χ1) is 14.7. The Kier molecular flexibility index (Phi) is 6.75. The Bertz CT molecular complexity index is 1150. The van der Waals surface area contributed by atoms with Gasteiger partial charge in [0.1, 0.15) is 5.75 Å². The summed E-state index contributed by atoms with van der Waals surface area (Å²) in [7, 11) is 1.47. The van der Waals surface area contributed by atoms with Gasteiger partial charge in [0.05, 0.1) is 24.6 Å². The van der Waals surface area contributed by atoms with Crippen LogP contribution in [0.3, 0.4) is 0 Å². The second-order valence-electron chi connectivity index (χ2n) is 6.83. The van der Waals surface area contributed by atoms with Gasteiger partial charge in [-0.05, 0) is 30.3 Å². The average molecular weight is 458 g/mol. The molecule has 0 aliphatic heterocycles. The number of hydrogen-bond acceptors (Lipinski definition) is 4. The molecule has 3 rings (SSSR count). The highest BCUT2D eigenvalue weighted by atomic mass is 35.5. The predicted octanol–water partition coefficient (Wildman–Crippen LogP) is 5.93. The summed E-state index contributed by atoms with van der Waals surface area (Å²) in [6.45, 7) is 1.32. The number of hydrogen-bond donors (Lipinski definition) is 1. The van der Waals surface area contributed by atoms with Crippen LogP contribution < -0.4 is 14.5 Å². The zero-order chi connectivity index (χ0) is 22.6. The van der Waals surface area contributed by atoms with Crippen molar-refractivity contribution in [2.24, 2.45) is 0 Å². The second kappa shape index (κ2) is 9.31. The molecule has 6 nitrogen and oxygen atoms in total. The van der Waals surface area contributed by atoms with Gasteiger partial charge in [-0.1, -0.05) is 47.5 Å². The number of carbonyl (C=O) groups excluding carboxylic acids is 3. The number of anilines is 1. The molecule has 0 heterocycles. The molecule has 1 N–H and O–H groups in total. The Morgan fingerprint density at radius 3 is 2.26 bits per heavy atom.